The van der Waals surface area contributed by atoms with Gasteiger partial charge in [-0.15, -0.1) is 0 Å². The van der Waals surface area contributed by atoms with Gasteiger partial charge in [0.25, 0.3) is 0 Å². The molecule has 118 valence electrons. The normalized spacial score (nSPS) is 20.3. The number of benzene rings is 1. The second-order valence-corrected chi connectivity index (χ2v) is 6.70. The summed E-state index contributed by atoms with van der Waals surface area (Å²) in [6.07, 6.45) is 4.82. The third-order valence-corrected chi connectivity index (χ3v) is 5.20. The van der Waals surface area contributed by atoms with E-state index >= 15 is 0 Å². The van der Waals surface area contributed by atoms with Crippen LogP contribution in [-0.4, -0.2) is 28.9 Å². The lowest BCUT2D eigenvalue weighted by molar-refractivity contribution is -0.120. The minimum absolute atomic E-state index is 0.0384. The number of thiazole rings is 1. The van der Waals surface area contributed by atoms with Crippen LogP contribution in [0.2, 0.25) is 0 Å². The zero-order valence-corrected chi connectivity index (χ0v) is 13.7. The number of anilines is 1. The van der Waals surface area contributed by atoms with Crippen molar-refractivity contribution in [3.8, 4) is 16.6 Å². The third kappa shape index (κ3) is 3.35. The minimum Gasteiger partial charge on any atom is -0.310 e. The first-order chi connectivity index (χ1) is 11.2. The molecule has 2 aromatic rings. The summed E-state index contributed by atoms with van der Waals surface area (Å²) in [5, 5.41) is 12.6. The molecule has 0 spiro atoms. The molecule has 23 heavy (non-hydrogen) atoms. The van der Waals surface area contributed by atoms with Gasteiger partial charge in [0.2, 0.25) is 5.91 Å². The lowest BCUT2D eigenvalue weighted by atomic mass is 9.93. The first kappa shape index (κ1) is 15.5. The molecule has 1 aliphatic rings. The standard InChI is InChI=1S/C17H18N4OS/c1-2-12-9-21(11-18)10-14(12)16(22)20-17-19-8-15(23-17)13-6-4-3-5-7-13/h3-8,12,14H,2,9-10H2,1H3,(H,19,20,22)/t12?,14-/m1/s1. The van der Waals surface area contributed by atoms with E-state index in [-0.39, 0.29) is 17.7 Å². The van der Waals surface area contributed by atoms with Crippen LogP contribution in [0.1, 0.15) is 13.3 Å². The Morgan fingerprint density at radius 1 is 1.43 bits per heavy atom. The number of aromatic nitrogens is 1. The quantitative estimate of drug-likeness (QED) is 0.876. The molecule has 1 amide bonds. The molecule has 0 saturated carbocycles. The van der Waals surface area contributed by atoms with Crippen molar-refractivity contribution in [2.45, 2.75) is 13.3 Å². The topological polar surface area (TPSA) is 69.0 Å². The Labute approximate surface area is 139 Å². The molecule has 0 bridgehead atoms. The maximum absolute atomic E-state index is 12.5. The summed E-state index contributed by atoms with van der Waals surface area (Å²) >= 11 is 1.47. The van der Waals surface area contributed by atoms with Gasteiger partial charge < -0.3 is 10.2 Å². The number of likely N-dealkylation sites (tertiary alicyclic amines) is 1. The predicted molar refractivity (Wildman–Crippen MR) is 90.6 cm³/mol. The molecule has 0 aliphatic carbocycles. The van der Waals surface area contributed by atoms with Gasteiger partial charge in [-0.3, -0.25) is 4.79 Å². The average molecular weight is 326 g/mol. The number of rotatable bonds is 4. The summed E-state index contributed by atoms with van der Waals surface area (Å²) in [5.74, 6) is 0.0375. The molecule has 3 rings (SSSR count). The number of amides is 1. The fourth-order valence-corrected chi connectivity index (χ4v) is 3.75. The first-order valence-corrected chi connectivity index (χ1v) is 8.49. The van der Waals surface area contributed by atoms with Crippen molar-refractivity contribution in [2.24, 2.45) is 11.8 Å². The Hall–Kier alpha value is -2.39. The van der Waals surface area contributed by atoms with Gasteiger partial charge >= 0.3 is 0 Å². The zero-order valence-electron chi connectivity index (χ0n) is 12.9. The van der Waals surface area contributed by atoms with Gasteiger partial charge in [-0.25, -0.2) is 4.98 Å². The highest BCUT2D eigenvalue weighted by Gasteiger charge is 2.36. The van der Waals surface area contributed by atoms with Crippen molar-refractivity contribution in [3.05, 3.63) is 36.5 Å². The van der Waals surface area contributed by atoms with Crippen LogP contribution in [0.4, 0.5) is 5.13 Å². The van der Waals surface area contributed by atoms with Gasteiger partial charge in [0.1, 0.15) is 0 Å². The van der Waals surface area contributed by atoms with Crippen molar-refractivity contribution in [2.75, 3.05) is 18.4 Å². The monoisotopic (exact) mass is 326 g/mol. The van der Waals surface area contributed by atoms with Crippen LogP contribution in [0.15, 0.2) is 36.5 Å². The van der Waals surface area contributed by atoms with Gasteiger partial charge in [-0.2, -0.15) is 5.26 Å². The van der Waals surface area contributed by atoms with Gasteiger partial charge in [0.15, 0.2) is 11.3 Å². The van der Waals surface area contributed by atoms with Gasteiger partial charge in [0.05, 0.1) is 10.8 Å². The maximum atomic E-state index is 12.5. The molecule has 6 heteroatoms. The highest BCUT2D eigenvalue weighted by atomic mass is 32.1. The number of carbonyl (C=O) groups is 1. The van der Waals surface area contributed by atoms with Crippen molar-refractivity contribution in [1.29, 1.82) is 5.26 Å². The number of hydrogen-bond acceptors (Lipinski definition) is 5. The molecule has 2 atom stereocenters. The minimum atomic E-state index is -0.149. The molecule has 1 aliphatic heterocycles. The van der Waals surface area contributed by atoms with E-state index in [1.165, 1.54) is 11.3 Å². The van der Waals surface area contributed by atoms with Crippen molar-refractivity contribution in [3.63, 3.8) is 0 Å². The van der Waals surface area contributed by atoms with Crippen molar-refractivity contribution >= 4 is 22.4 Å². The third-order valence-electron chi connectivity index (χ3n) is 4.24. The lowest BCUT2D eigenvalue weighted by Gasteiger charge is -2.14. The summed E-state index contributed by atoms with van der Waals surface area (Å²) in [5.41, 5.74) is 1.09. The molecular formula is C17H18N4OS. The fraction of sp³-hybridized carbons (Fsp3) is 0.353. The van der Waals surface area contributed by atoms with E-state index in [1.807, 2.05) is 30.3 Å². The van der Waals surface area contributed by atoms with E-state index in [2.05, 4.69) is 23.4 Å². The predicted octanol–water partition coefficient (Wildman–Crippen LogP) is 3.19. The number of hydrogen-bond donors (Lipinski definition) is 1. The van der Waals surface area contributed by atoms with Crippen LogP contribution in [0.3, 0.4) is 0 Å². The molecule has 1 aromatic carbocycles. The summed E-state index contributed by atoms with van der Waals surface area (Å²) in [4.78, 5) is 19.5. The van der Waals surface area contributed by atoms with E-state index in [9.17, 15) is 4.79 Å². The first-order valence-electron chi connectivity index (χ1n) is 7.68. The average Bonchev–Trinajstić information content (AvgIpc) is 3.22. The van der Waals surface area contributed by atoms with Crippen LogP contribution in [-0.2, 0) is 4.79 Å². The van der Waals surface area contributed by atoms with Crippen molar-refractivity contribution in [1.82, 2.24) is 9.88 Å². The Morgan fingerprint density at radius 2 is 2.22 bits per heavy atom. The zero-order chi connectivity index (χ0) is 16.2. The van der Waals surface area contributed by atoms with E-state index in [1.54, 1.807) is 11.1 Å². The number of nitrogens with one attached hydrogen (secondary N) is 1. The second kappa shape index (κ2) is 6.80. The Bertz CT molecular complexity index is 722. The summed E-state index contributed by atoms with van der Waals surface area (Å²) < 4.78 is 0. The van der Waals surface area contributed by atoms with Crippen LogP contribution < -0.4 is 5.32 Å². The molecule has 1 saturated heterocycles. The van der Waals surface area contributed by atoms with Crippen LogP contribution in [0.5, 0.6) is 0 Å². The lowest BCUT2D eigenvalue weighted by Crippen LogP contribution is -2.28. The largest absolute Gasteiger partial charge is 0.310 e. The molecule has 5 nitrogen and oxygen atoms in total. The molecular weight excluding hydrogens is 308 g/mol. The van der Waals surface area contributed by atoms with Gasteiger partial charge in [-0.05, 0) is 11.5 Å². The number of carbonyl (C=O) groups excluding carboxylic acids is 1. The smallest absolute Gasteiger partial charge is 0.231 e. The molecule has 1 unspecified atom stereocenters. The highest BCUT2D eigenvalue weighted by Crippen LogP contribution is 2.31. The molecule has 1 fully saturated rings. The maximum Gasteiger partial charge on any atom is 0.231 e. The van der Waals surface area contributed by atoms with E-state index in [4.69, 9.17) is 5.26 Å². The van der Waals surface area contributed by atoms with E-state index < -0.39 is 0 Å². The molecule has 0 radical (unpaired) electrons. The Kier molecular flexibility index (Phi) is 4.58. The van der Waals surface area contributed by atoms with E-state index in [0.29, 0.717) is 18.2 Å². The van der Waals surface area contributed by atoms with Crippen molar-refractivity contribution < 1.29 is 4.79 Å². The Balaban J connectivity index is 1.69. The Morgan fingerprint density at radius 3 is 2.91 bits per heavy atom. The summed E-state index contributed by atoms with van der Waals surface area (Å²) in [6, 6.07) is 9.98. The van der Waals surface area contributed by atoms with Gasteiger partial charge in [0, 0.05) is 19.3 Å². The SMILES string of the molecule is CCC1CN(C#N)C[C@H]1C(=O)Nc1ncc(-c2ccccc2)s1. The molecule has 2 heterocycles. The number of nitriles is 1. The van der Waals surface area contributed by atoms with Gasteiger partial charge in [-0.1, -0.05) is 55.0 Å². The molecule has 1 aromatic heterocycles. The summed E-state index contributed by atoms with van der Waals surface area (Å²) in [6.45, 7) is 3.22. The fourth-order valence-electron chi connectivity index (χ4n) is 2.93. The highest BCUT2D eigenvalue weighted by molar-refractivity contribution is 7.19. The number of nitrogens with zero attached hydrogens (tertiary/aromatic N) is 3. The summed E-state index contributed by atoms with van der Waals surface area (Å²) in [7, 11) is 0. The van der Waals surface area contributed by atoms with Crippen LogP contribution in [0, 0.1) is 23.3 Å². The van der Waals surface area contributed by atoms with Crippen LogP contribution in [0.25, 0.3) is 10.4 Å². The second-order valence-electron chi connectivity index (χ2n) is 5.66. The van der Waals surface area contributed by atoms with E-state index in [0.717, 1.165) is 16.9 Å². The van der Waals surface area contributed by atoms with Crippen LogP contribution >= 0.6 is 11.3 Å². The molecule has 1 N–H and O–H groups in total.